The summed E-state index contributed by atoms with van der Waals surface area (Å²) in [7, 11) is 3.15. The molecule has 9 heteroatoms. The Bertz CT molecular complexity index is 1060. The zero-order valence-electron chi connectivity index (χ0n) is 19.4. The number of fused-ring (bicyclic) bond motifs is 4. The van der Waals surface area contributed by atoms with E-state index in [9.17, 15) is 14.4 Å². The minimum Gasteiger partial charge on any atom is -0.491 e. The number of ether oxygens (including phenoxy) is 3. The topological polar surface area (TPSA) is 97.4 Å². The van der Waals surface area contributed by atoms with E-state index in [1.165, 1.54) is 12.0 Å². The summed E-state index contributed by atoms with van der Waals surface area (Å²) in [4.78, 5) is 41.7. The lowest BCUT2D eigenvalue weighted by Gasteiger charge is -2.28. The lowest BCUT2D eigenvalue weighted by atomic mass is 9.98. The first kappa shape index (κ1) is 23.6. The van der Waals surface area contributed by atoms with Crippen LogP contribution in [0.2, 0.25) is 0 Å². The molecule has 180 valence electrons. The Morgan fingerprint density at radius 3 is 2.53 bits per heavy atom. The lowest BCUT2D eigenvalue weighted by molar-refractivity contribution is -0.133. The number of rotatable bonds is 4. The number of para-hydroxylation sites is 1. The largest absolute Gasteiger partial charge is 0.491 e. The Morgan fingerprint density at radius 2 is 1.76 bits per heavy atom. The van der Waals surface area contributed by atoms with E-state index in [2.05, 4.69) is 5.32 Å². The Labute approximate surface area is 198 Å². The molecule has 0 aliphatic carbocycles. The molecule has 0 unspecified atom stereocenters. The number of carbonyl (C=O) groups is 3. The van der Waals surface area contributed by atoms with Gasteiger partial charge in [-0.1, -0.05) is 36.4 Å². The maximum Gasteiger partial charge on any atom is 0.407 e. The van der Waals surface area contributed by atoms with Gasteiger partial charge in [-0.2, -0.15) is 0 Å². The van der Waals surface area contributed by atoms with Gasteiger partial charge in [0.1, 0.15) is 19.0 Å². The molecule has 1 fully saturated rings. The summed E-state index contributed by atoms with van der Waals surface area (Å²) >= 11 is 0. The molecule has 0 radical (unpaired) electrons. The van der Waals surface area contributed by atoms with Crippen LogP contribution < -0.4 is 10.1 Å². The molecule has 9 nitrogen and oxygen atoms in total. The van der Waals surface area contributed by atoms with Crippen molar-refractivity contribution in [1.29, 1.82) is 0 Å². The number of methoxy groups -OCH3 is 1. The lowest BCUT2D eigenvalue weighted by Crippen LogP contribution is -2.46. The Kier molecular flexibility index (Phi) is 7.32. The van der Waals surface area contributed by atoms with Crippen molar-refractivity contribution in [3.8, 4) is 16.9 Å². The standard InChI is InChI=1S/C25H29N3O6/c1-27-15-23(29)28-14-17(26-25(31)33-12-11-32-2)13-18(28)16-34-22-10-6-5-8-20(22)19-7-3-4-9-21(19)24(27)30/h3-10,17-18H,11-16H2,1-2H3,(H,26,31)/t17-,18+/m1/s1. The summed E-state index contributed by atoms with van der Waals surface area (Å²) in [6.45, 7) is 0.956. The van der Waals surface area contributed by atoms with Crippen LogP contribution in [-0.2, 0) is 14.3 Å². The van der Waals surface area contributed by atoms with Gasteiger partial charge in [0.05, 0.1) is 25.2 Å². The zero-order valence-corrected chi connectivity index (χ0v) is 19.4. The van der Waals surface area contributed by atoms with Crippen LogP contribution in [0.4, 0.5) is 4.79 Å². The van der Waals surface area contributed by atoms with Gasteiger partial charge in [-0.15, -0.1) is 0 Å². The third kappa shape index (κ3) is 5.14. The molecule has 0 aromatic heterocycles. The van der Waals surface area contributed by atoms with Crippen LogP contribution in [-0.4, -0.2) is 86.9 Å². The third-order valence-corrected chi connectivity index (χ3v) is 6.06. The predicted molar refractivity (Wildman–Crippen MR) is 125 cm³/mol. The summed E-state index contributed by atoms with van der Waals surface area (Å²) in [6.07, 6.45) is -0.0383. The Balaban J connectivity index is 1.59. The highest BCUT2D eigenvalue weighted by molar-refractivity contribution is 6.02. The highest BCUT2D eigenvalue weighted by atomic mass is 16.6. The van der Waals surface area contributed by atoms with Crippen molar-refractivity contribution in [2.75, 3.05) is 47.1 Å². The second kappa shape index (κ2) is 10.6. The van der Waals surface area contributed by atoms with Gasteiger partial charge >= 0.3 is 6.09 Å². The molecular formula is C25H29N3O6. The van der Waals surface area contributed by atoms with Crippen molar-refractivity contribution in [2.24, 2.45) is 0 Å². The molecule has 2 aromatic carbocycles. The first-order chi connectivity index (χ1) is 16.5. The molecule has 0 saturated carbocycles. The number of amides is 3. The fourth-order valence-electron chi connectivity index (χ4n) is 4.39. The van der Waals surface area contributed by atoms with Gasteiger partial charge in [-0.3, -0.25) is 9.59 Å². The van der Waals surface area contributed by atoms with Gasteiger partial charge in [0.2, 0.25) is 5.91 Å². The van der Waals surface area contributed by atoms with Crippen LogP contribution in [0.1, 0.15) is 16.8 Å². The number of hydrogen-bond donors (Lipinski definition) is 1. The summed E-state index contributed by atoms with van der Waals surface area (Å²) < 4.78 is 16.2. The molecule has 0 spiro atoms. The fourth-order valence-corrected chi connectivity index (χ4v) is 4.39. The van der Waals surface area contributed by atoms with Gasteiger partial charge in [-0.25, -0.2) is 4.79 Å². The highest BCUT2D eigenvalue weighted by Gasteiger charge is 2.38. The third-order valence-electron chi connectivity index (χ3n) is 6.06. The quantitative estimate of drug-likeness (QED) is 0.693. The summed E-state index contributed by atoms with van der Waals surface area (Å²) in [6, 6.07) is 14.3. The van der Waals surface area contributed by atoms with Gasteiger partial charge in [0.25, 0.3) is 5.91 Å². The smallest absolute Gasteiger partial charge is 0.407 e. The van der Waals surface area contributed by atoms with Gasteiger partial charge in [-0.05, 0) is 24.1 Å². The summed E-state index contributed by atoms with van der Waals surface area (Å²) in [5, 5.41) is 2.82. The predicted octanol–water partition coefficient (Wildman–Crippen LogP) is 2.16. The van der Waals surface area contributed by atoms with E-state index in [0.29, 0.717) is 30.9 Å². The van der Waals surface area contributed by atoms with E-state index in [4.69, 9.17) is 14.2 Å². The number of nitrogens with one attached hydrogen (secondary N) is 1. The molecule has 2 atom stereocenters. The first-order valence-electron chi connectivity index (χ1n) is 11.3. The molecule has 1 N–H and O–H groups in total. The van der Waals surface area contributed by atoms with Gasteiger partial charge in [0, 0.05) is 31.8 Å². The van der Waals surface area contributed by atoms with Crippen LogP contribution in [0.5, 0.6) is 5.75 Å². The van der Waals surface area contributed by atoms with Crippen molar-refractivity contribution in [2.45, 2.75) is 18.5 Å². The van der Waals surface area contributed by atoms with Crippen molar-refractivity contribution >= 4 is 17.9 Å². The second-order valence-corrected chi connectivity index (χ2v) is 8.42. The maximum atomic E-state index is 13.3. The second-order valence-electron chi connectivity index (χ2n) is 8.42. The minimum absolute atomic E-state index is 0.0731. The fraction of sp³-hybridized carbons (Fsp3) is 0.400. The molecule has 0 bridgehead atoms. The van der Waals surface area contributed by atoms with E-state index >= 15 is 0 Å². The molecule has 2 aliphatic heterocycles. The average molecular weight is 468 g/mol. The minimum atomic E-state index is -0.554. The van der Waals surface area contributed by atoms with E-state index in [1.807, 2.05) is 36.4 Å². The molecule has 1 saturated heterocycles. The highest BCUT2D eigenvalue weighted by Crippen LogP contribution is 2.34. The van der Waals surface area contributed by atoms with Crippen molar-refractivity contribution in [3.05, 3.63) is 54.1 Å². The van der Waals surface area contributed by atoms with Gasteiger partial charge < -0.3 is 29.3 Å². The molecular weight excluding hydrogens is 438 g/mol. The monoisotopic (exact) mass is 467 g/mol. The number of benzene rings is 2. The molecule has 2 heterocycles. The van der Waals surface area contributed by atoms with Crippen molar-refractivity contribution < 1.29 is 28.6 Å². The summed E-state index contributed by atoms with van der Waals surface area (Å²) in [5.74, 6) is 0.188. The average Bonchev–Trinajstić information content (AvgIpc) is 3.24. The molecule has 3 amide bonds. The van der Waals surface area contributed by atoms with Crippen LogP contribution in [0.3, 0.4) is 0 Å². The van der Waals surface area contributed by atoms with E-state index in [1.54, 1.807) is 24.1 Å². The number of nitrogens with zero attached hydrogens (tertiary/aromatic N) is 2. The molecule has 34 heavy (non-hydrogen) atoms. The molecule has 4 rings (SSSR count). The number of alkyl carbamates (subject to hydrolysis) is 1. The molecule has 2 aliphatic rings. The van der Waals surface area contributed by atoms with Crippen LogP contribution in [0.15, 0.2) is 48.5 Å². The van der Waals surface area contributed by atoms with Crippen molar-refractivity contribution in [3.63, 3.8) is 0 Å². The first-order valence-corrected chi connectivity index (χ1v) is 11.3. The molecule has 2 aromatic rings. The van der Waals surface area contributed by atoms with Crippen LogP contribution in [0.25, 0.3) is 11.1 Å². The van der Waals surface area contributed by atoms with Crippen molar-refractivity contribution in [1.82, 2.24) is 15.1 Å². The van der Waals surface area contributed by atoms with Gasteiger partial charge in [0.15, 0.2) is 0 Å². The SMILES string of the molecule is COCCOC(=O)N[C@@H]1C[C@H]2COc3ccccc3-c3ccccc3C(=O)N(C)CC(=O)N2C1. The number of carbonyl (C=O) groups excluding carboxylic acids is 3. The number of likely N-dealkylation sites (N-methyl/N-ethyl adjacent to an activating group) is 1. The number of hydrogen-bond acceptors (Lipinski definition) is 6. The van der Waals surface area contributed by atoms with E-state index < -0.39 is 6.09 Å². The Morgan fingerprint density at radius 1 is 1.06 bits per heavy atom. The maximum absolute atomic E-state index is 13.3. The summed E-state index contributed by atoms with van der Waals surface area (Å²) in [5.41, 5.74) is 2.07. The van der Waals surface area contributed by atoms with E-state index in [-0.39, 0.29) is 43.7 Å². The van der Waals surface area contributed by atoms with Crippen LogP contribution in [0, 0.1) is 0 Å². The Hall–Kier alpha value is -3.59. The van der Waals surface area contributed by atoms with E-state index in [0.717, 1.165) is 11.1 Å². The normalized spacial score (nSPS) is 20.3. The van der Waals surface area contributed by atoms with Crippen LogP contribution >= 0.6 is 0 Å². The zero-order chi connectivity index (χ0) is 24.1.